The van der Waals surface area contributed by atoms with Crippen molar-refractivity contribution in [1.82, 2.24) is 0 Å². The van der Waals surface area contributed by atoms with E-state index in [4.69, 9.17) is 14.3 Å². The van der Waals surface area contributed by atoms with E-state index >= 15 is 0 Å². The standard InChI is InChI=1S/C10H17O4P.C2H4O2/c11-15(12,13)14-10-4-7-1-8(5-10)3-9(2-7)6-10;1-2-4-3-1/h7-9H,1-6H2,(H2,11,12,13);1-2H2. The molecule has 5 rings (SSSR count). The second-order valence-corrected chi connectivity index (χ2v) is 7.49. The zero-order chi connectivity index (χ0) is 13.5. The molecular formula is C12H21O6P. The number of hydrogen-bond donors (Lipinski definition) is 2. The molecule has 0 aromatic carbocycles. The predicted octanol–water partition coefficient (Wildman–Crippen LogP) is 2.01. The molecule has 0 amide bonds. The van der Waals surface area contributed by atoms with Gasteiger partial charge in [0, 0.05) is 0 Å². The van der Waals surface area contributed by atoms with Crippen molar-refractivity contribution in [3.8, 4) is 0 Å². The van der Waals surface area contributed by atoms with Crippen molar-refractivity contribution in [2.45, 2.75) is 44.1 Å². The fourth-order valence-electron chi connectivity index (χ4n) is 4.48. The van der Waals surface area contributed by atoms with Crippen LogP contribution in [0.2, 0.25) is 0 Å². The Bertz CT molecular complexity index is 335. The molecule has 0 aromatic rings. The van der Waals surface area contributed by atoms with E-state index in [-0.39, 0.29) is 0 Å². The largest absolute Gasteiger partial charge is 0.470 e. The fourth-order valence-corrected chi connectivity index (χ4v) is 5.21. The molecule has 1 saturated heterocycles. The summed E-state index contributed by atoms with van der Waals surface area (Å²) < 4.78 is 16.1. The van der Waals surface area contributed by atoms with Crippen molar-refractivity contribution in [3.05, 3.63) is 0 Å². The number of rotatable bonds is 2. The van der Waals surface area contributed by atoms with Gasteiger partial charge in [0.25, 0.3) is 0 Å². The summed E-state index contributed by atoms with van der Waals surface area (Å²) in [6.07, 6.45) is 6.36. The Labute approximate surface area is 112 Å². The molecule has 0 spiro atoms. The van der Waals surface area contributed by atoms with E-state index in [2.05, 4.69) is 9.78 Å². The molecule has 4 bridgehead atoms. The molecule has 4 aliphatic carbocycles. The molecule has 1 aliphatic heterocycles. The first kappa shape index (κ1) is 14.0. The number of phosphoric ester groups is 1. The minimum Gasteiger partial charge on any atom is -0.303 e. The van der Waals surface area contributed by atoms with E-state index in [1.54, 1.807) is 0 Å². The Hall–Kier alpha value is 0.0300. The Morgan fingerprint density at radius 1 is 0.947 bits per heavy atom. The summed E-state index contributed by atoms with van der Waals surface area (Å²) in [5, 5.41) is 0. The van der Waals surface area contributed by atoms with E-state index in [9.17, 15) is 4.57 Å². The van der Waals surface area contributed by atoms with Crippen LogP contribution < -0.4 is 0 Å². The molecule has 1 heterocycles. The summed E-state index contributed by atoms with van der Waals surface area (Å²) in [6.45, 7) is 1.56. The molecule has 7 heteroatoms. The van der Waals surface area contributed by atoms with Gasteiger partial charge < -0.3 is 9.79 Å². The SMILES string of the molecule is C1COO1.O=P(O)(O)OC12CC3CC(CC(C3)C1)C2. The van der Waals surface area contributed by atoms with E-state index in [0.717, 1.165) is 32.5 Å². The molecule has 110 valence electrons. The first-order chi connectivity index (χ1) is 8.94. The third-order valence-corrected chi connectivity index (χ3v) is 5.25. The van der Waals surface area contributed by atoms with Crippen LogP contribution in [0.15, 0.2) is 0 Å². The average molecular weight is 292 g/mol. The summed E-state index contributed by atoms with van der Waals surface area (Å²) in [6, 6.07) is 0. The topological polar surface area (TPSA) is 85.2 Å². The number of phosphoric acid groups is 1. The maximum atomic E-state index is 11.0. The monoisotopic (exact) mass is 292 g/mol. The van der Waals surface area contributed by atoms with Crippen LogP contribution in [0.4, 0.5) is 0 Å². The molecule has 2 N–H and O–H groups in total. The van der Waals surface area contributed by atoms with Crippen molar-refractivity contribution in [3.63, 3.8) is 0 Å². The molecule has 19 heavy (non-hydrogen) atoms. The smallest absolute Gasteiger partial charge is 0.303 e. The third-order valence-electron chi connectivity index (χ3n) is 4.63. The van der Waals surface area contributed by atoms with Crippen LogP contribution in [0.5, 0.6) is 0 Å². The highest BCUT2D eigenvalue weighted by Gasteiger charge is 2.53. The summed E-state index contributed by atoms with van der Waals surface area (Å²) in [5.74, 6) is 1.97. The molecule has 5 fully saturated rings. The Kier molecular flexibility index (Phi) is 3.75. The van der Waals surface area contributed by atoms with Gasteiger partial charge in [-0.05, 0) is 56.3 Å². The molecule has 6 nitrogen and oxygen atoms in total. The molecule has 0 aromatic heterocycles. The van der Waals surface area contributed by atoms with Gasteiger partial charge in [-0.3, -0.25) is 4.52 Å². The van der Waals surface area contributed by atoms with Gasteiger partial charge in [0.15, 0.2) is 0 Å². The zero-order valence-corrected chi connectivity index (χ0v) is 11.8. The lowest BCUT2D eigenvalue weighted by Gasteiger charge is -2.55. The van der Waals surface area contributed by atoms with Crippen LogP contribution in [0.3, 0.4) is 0 Å². The predicted molar refractivity (Wildman–Crippen MR) is 65.9 cm³/mol. The van der Waals surface area contributed by atoms with Crippen molar-refractivity contribution in [2.24, 2.45) is 17.8 Å². The van der Waals surface area contributed by atoms with Gasteiger partial charge >= 0.3 is 7.82 Å². The van der Waals surface area contributed by atoms with Gasteiger partial charge in [-0.2, -0.15) is 0 Å². The zero-order valence-electron chi connectivity index (χ0n) is 10.9. The molecule has 0 radical (unpaired) electrons. The van der Waals surface area contributed by atoms with E-state index in [1.807, 2.05) is 0 Å². The van der Waals surface area contributed by atoms with Crippen LogP contribution in [0.25, 0.3) is 0 Å². The summed E-state index contributed by atoms with van der Waals surface area (Å²) >= 11 is 0. The Morgan fingerprint density at radius 3 is 1.58 bits per heavy atom. The molecule has 4 saturated carbocycles. The second kappa shape index (κ2) is 5.10. The maximum absolute atomic E-state index is 11.0. The van der Waals surface area contributed by atoms with Gasteiger partial charge in [-0.25, -0.2) is 14.3 Å². The lowest BCUT2D eigenvalue weighted by Crippen LogP contribution is -2.51. The van der Waals surface area contributed by atoms with Crippen molar-refractivity contribution < 1.29 is 28.7 Å². The summed E-state index contributed by atoms with van der Waals surface area (Å²) in [5.41, 5.74) is -0.478. The van der Waals surface area contributed by atoms with E-state index in [1.165, 1.54) is 19.3 Å². The van der Waals surface area contributed by atoms with Crippen molar-refractivity contribution in [1.29, 1.82) is 0 Å². The minimum atomic E-state index is -4.31. The maximum Gasteiger partial charge on any atom is 0.470 e. The quantitative estimate of drug-likeness (QED) is 0.598. The normalized spacial score (nSPS) is 43.4. The Balaban J connectivity index is 0.000000237. The van der Waals surface area contributed by atoms with Crippen LogP contribution in [0.1, 0.15) is 38.5 Å². The average Bonchev–Trinajstić information content (AvgIpc) is 2.06. The minimum absolute atomic E-state index is 0.478. The third kappa shape index (κ3) is 3.38. The van der Waals surface area contributed by atoms with Crippen molar-refractivity contribution in [2.75, 3.05) is 13.2 Å². The number of hydrogen-bond acceptors (Lipinski definition) is 4. The van der Waals surface area contributed by atoms with Gasteiger partial charge in [0.05, 0.1) is 5.60 Å². The van der Waals surface area contributed by atoms with Gasteiger partial charge in [-0.15, -0.1) is 0 Å². The van der Waals surface area contributed by atoms with Gasteiger partial charge in [0.2, 0.25) is 0 Å². The highest BCUT2D eigenvalue weighted by Crippen LogP contribution is 2.60. The van der Waals surface area contributed by atoms with Crippen molar-refractivity contribution >= 4 is 7.82 Å². The molecule has 0 atom stereocenters. The Morgan fingerprint density at radius 2 is 1.32 bits per heavy atom. The van der Waals surface area contributed by atoms with Crippen LogP contribution in [-0.2, 0) is 18.9 Å². The molecular weight excluding hydrogens is 271 g/mol. The highest BCUT2D eigenvalue weighted by molar-refractivity contribution is 7.46. The lowest BCUT2D eigenvalue weighted by atomic mass is 9.54. The fraction of sp³-hybridized carbons (Fsp3) is 1.00. The van der Waals surface area contributed by atoms with E-state index < -0.39 is 13.4 Å². The van der Waals surface area contributed by atoms with Crippen LogP contribution in [0, 0.1) is 17.8 Å². The summed E-state index contributed by atoms with van der Waals surface area (Å²) in [4.78, 5) is 26.4. The van der Waals surface area contributed by atoms with E-state index in [0.29, 0.717) is 17.8 Å². The van der Waals surface area contributed by atoms with Gasteiger partial charge in [0.1, 0.15) is 13.2 Å². The highest BCUT2D eigenvalue weighted by atomic mass is 31.2. The summed E-state index contributed by atoms with van der Waals surface area (Å²) in [7, 11) is -4.31. The molecule has 5 aliphatic rings. The van der Waals surface area contributed by atoms with Crippen LogP contribution >= 0.6 is 7.82 Å². The van der Waals surface area contributed by atoms with Crippen LogP contribution in [-0.4, -0.2) is 28.6 Å². The lowest BCUT2D eigenvalue weighted by molar-refractivity contribution is -0.382. The first-order valence-electron chi connectivity index (χ1n) is 6.95. The van der Waals surface area contributed by atoms with Gasteiger partial charge in [-0.1, -0.05) is 0 Å². The molecule has 0 unspecified atom stereocenters. The first-order valence-corrected chi connectivity index (χ1v) is 8.48. The second-order valence-electron chi connectivity index (χ2n) is 6.33.